The van der Waals surface area contributed by atoms with Crippen molar-refractivity contribution >= 4 is 23.1 Å². The minimum atomic E-state index is -0.254. The first-order valence-corrected chi connectivity index (χ1v) is 11.3. The van der Waals surface area contributed by atoms with Crippen LogP contribution in [-0.4, -0.2) is 26.5 Å². The molecular formula is C22H17FN4O2S2. The number of fused-ring (bicyclic) bond motifs is 1. The molecule has 0 atom stereocenters. The van der Waals surface area contributed by atoms with Gasteiger partial charge in [0.2, 0.25) is 6.79 Å². The van der Waals surface area contributed by atoms with E-state index in [0.29, 0.717) is 18.0 Å². The normalized spacial score (nSPS) is 12.3. The third-order valence-corrected chi connectivity index (χ3v) is 6.59. The molecule has 4 aromatic rings. The van der Waals surface area contributed by atoms with Crippen LogP contribution in [-0.2, 0) is 12.3 Å². The summed E-state index contributed by atoms with van der Waals surface area (Å²) in [6, 6.07) is 12.1. The number of thiazole rings is 1. The Kier molecular flexibility index (Phi) is 5.44. The van der Waals surface area contributed by atoms with E-state index in [4.69, 9.17) is 9.47 Å². The van der Waals surface area contributed by atoms with E-state index in [0.717, 1.165) is 38.6 Å². The molecule has 0 saturated heterocycles. The van der Waals surface area contributed by atoms with Crippen molar-refractivity contribution in [3.05, 3.63) is 72.0 Å². The highest BCUT2D eigenvalue weighted by atomic mass is 32.2. The van der Waals surface area contributed by atoms with Crippen molar-refractivity contribution in [3.8, 4) is 33.5 Å². The fraction of sp³-hybridized carbons (Fsp3) is 0.136. The van der Waals surface area contributed by atoms with Crippen LogP contribution in [0.1, 0.15) is 5.69 Å². The van der Waals surface area contributed by atoms with Gasteiger partial charge in [0.25, 0.3) is 0 Å². The quantitative estimate of drug-likeness (QED) is 0.276. The van der Waals surface area contributed by atoms with Gasteiger partial charge < -0.3 is 9.47 Å². The second kappa shape index (κ2) is 8.52. The van der Waals surface area contributed by atoms with Gasteiger partial charge in [0.15, 0.2) is 22.5 Å². The third kappa shape index (κ3) is 4.06. The van der Waals surface area contributed by atoms with Crippen molar-refractivity contribution in [2.45, 2.75) is 17.5 Å². The van der Waals surface area contributed by atoms with Crippen molar-refractivity contribution in [3.63, 3.8) is 0 Å². The molecule has 0 amide bonds. The molecule has 1 aliphatic heterocycles. The van der Waals surface area contributed by atoms with Crippen molar-refractivity contribution < 1.29 is 13.9 Å². The maximum absolute atomic E-state index is 13.2. The van der Waals surface area contributed by atoms with E-state index in [1.165, 1.54) is 23.5 Å². The number of nitrogens with zero attached hydrogens (tertiary/aromatic N) is 4. The number of halogens is 1. The van der Waals surface area contributed by atoms with Crippen LogP contribution in [0.3, 0.4) is 0 Å². The van der Waals surface area contributed by atoms with E-state index in [-0.39, 0.29) is 12.6 Å². The minimum absolute atomic E-state index is 0.229. The van der Waals surface area contributed by atoms with Gasteiger partial charge in [0, 0.05) is 28.8 Å². The lowest BCUT2D eigenvalue weighted by Crippen LogP contribution is -2.00. The van der Waals surface area contributed by atoms with Crippen molar-refractivity contribution in [2.75, 3.05) is 6.79 Å². The zero-order chi connectivity index (χ0) is 21.2. The number of ether oxygens (including phenoxy) is 2. The summed E-state index contributed by atoms with van der Waals surface area (Å²) in [6.07, 6.45) is 1.82. The molecule has 5 rings (SSSR count). The smallest absolute Gasteiger partial charge is 0.231 e. The maximum atomic E-state index is 13.2. The van der Waals surface area contributed by atoms with E-state index in [2.05, 4.69) is 21.8 Å². The van der Waals surface area contributed by atoms with Crippen LogP contribution in [0.15, 0.2) is 65.7 Å². The number of hydrogen-bond donors (Lipinski definition) is 0. The van der Waals surface area contributed by atoms with Crippen LogP contribution in [0, 0.1) is 5.82 Å². The molecule has 2 aromatic carbocycles. The third-order valence-electron chi connectivity index (χ3n) is 4.65. The molecule has 156 valence electrons. The Morgan fingerprint density at radius 3 is 2.74 bits per heavy atom. The largest absolute Gasteiger partial charge is 0.454 e. The monoisotopic (exact) mass is 452 g/mol. The van der Waals surface area contributed by atoms with Crippen LogP contribution >= 0.6 is 23.1 Å². The predicted molar refractivity (Wildman–Crippen MR) is 119 cm³/mol. The summed E-state index contributed by atoms with van der Waals surface area (Å²) in [5.41, 5.74) is 2.74. The van der Waals surface area contributed by atoms with Gasteiger partial charge >= 0.3 is 0 Å². The average Bonchev–Trinajstić information content (AvgIpc) is 3.52. The summed E-state index contributed by atoms with van der Waals surface area (Å²) < 4.78 is 26.0. The molecule has 3 heterocycles. The molecule has 0 aliphatic carbocycles. The molecule has 0 bridgehead atoms. The molecule has 0 unspecified atom stereocenters. The molecule has 9 heteroatoms. The average molecular weight is 453 g/mol. The topological polar surface area (TPSA) is 62.1 Å². The van der Waals surface area contributed by atoms with Crippen LogP contribution in [0.2, 0.25) is 0 Å². The van der Waals surface area contributed by atoms with Gasteiger partial charge in [-0.1, -0.05) is 17.8 Å². The second-order valence-corrected chi connectivity index (χ2v) is 8.51. The Morgan fingerprint density at radius 2 is 1.90 bits per heavy atom. The van der Waals surface area contributed by atoms with Crippen LogP contribution < -0.4 is 9.47 Å². The predicted octanol–water partition coefficient (Wildman–Crippen LogP) is 5.41. The van der Waals surface area contributed by atoms with E-state index in [1.807, 2.05) is 34.2 Å². The lowest BCUT2D eigenvalue weighted by atomic mass is 10.2. The Bertz CT molecular complexity index is 1240. The van der Waals surface area contributed by atoms with Gasteiger partial charge in [0.1, 0.15) is 10.8 Å². The van der Waals surface area contributed by atoms with Crippen molar-refractivity contribution in [1.82, 2.24) is 19.7 Å². The van der Waals surface area contributed by atoms with Crippen molar-refractivity contribution in [1.29, 1.82) is 0 Å². The van der Waals surface area contributed by atoms with Gasteiger partial charge in [-0.15, -0.1) is 28.1 Å². The van der Waals surface area contributed by atoms with E-state index in [9.17, 15) is 4.39 Å². The zero-order valence-electron chi connectivity index (χ0n) is 16.3. The molecule has 6 nitrogen and oxygen atoms in total. The maximum Gasteiger partial charge on any atom is 0.231 e. The first-order chi connectivity index (χ1) is 15.2. The minimum Gasteiger partial charge on any atom is -0.454 e. The number of aromatic nitrogens is 4. The SMILES string of the molecule is C=CCn1c(SCc2csc(-c3ccc(F)cc3)n2)nnc1-c1ccc2c(c1)OCO2. The summed E-state index contributed by atoms with van der Waals surface area (Å²) >= 11 is 3.10. The first-order valence-electron chi connectivity index (χ1n) is 9.48. The van der Waals surface area contributed by atoms with Crippen LogP contribution in [0.25, 0.3) is 22.0 Å². The molecule has 1 aliphatic rings. The lowest BCUT2D eigenvalue weighted by molar-refractivity contribution is 0.174. The standard InChI is InChI=1S/C22H17FN4O2S2/c1-2-9-27-20(15-5-8-18-19(10-15)29-13-28-18)25-26-22(27)31-12-17-11-30-21(24-17)14-3-6-16(23)7-4-14/h2-8,10-11H,1,9,12-13H2. The summed E-state index contributed by atoms with van der Waals surface area (Å²) in [5.74, 6) is 2.57. The number of hydrogen-bond acceptors (Lipinski definition) is 7. The molecule has 0 fully saturated rings. The summed E-state index contributed by atoms with van der Waals surface area (Å²) in [5, 5.41) is 12.4. The fourth-order valence-corrected chi connectivity index (χ4v) is 4.95. The Hall–Kier alpha value is -3.17. The number of thioether (sulfide) groups is 1. The molecule has 31 heavy (non-hydrogen) atoms. The van der Waals surface area contributed by atoms with Gasteiger partial charge in [-0.3, -0.25) is 4.57 Å². The molecule has 0 radical (unpaired) electrons. The molecule has 2 aromatic heterocycles. The van der Waals surface area contributed by atoms with E-state index >= 15 is 0 Å². The summed E-state index contributed by atoms with van der Waals surface area (Å²) in [4.78, 5) is 4.67. The van der Waals surface area contributed by atoms with Gasteiger partial charge in [-0.05, 0) is 42.5 Å². The van der Waals surface area contributed by atoms with E-state index in [1.54, 1.807) is 23.9 Å². The zero-order valence-corrected chi connectivity index (χ0v) is 18.0. The lowest BCUT2D eigenvalue weighted by Gasteiger charge is -2.08. The van der Waals surface area contributed by atoms with Crippen LogP contribution in [0.5, 0.6) is 11.5 Å². The molecular weight excluding hydrogens is 435 g/mol. The molecule has 0 N–H and O–H groups in total. The molecule has 0 spiro atoms. The van der Waals surface area contributed by atoms with Gasteiger partial charge in [0.05, 0.1) is 5.69 Å². The van der Waals surface area contributed by atoms with Crippen molar-refractivity contribution in [2.24, 2.45) is 0 Å². The Labute approximate surface area is 186 Å². The number of benzene rings is 2. The highest BCUT2D eigenvalue weighted by Crippen LogP contribution is 2.36. The molecule has 0 saturated carbocycles. The first kappa shape index (κ1) is 19.8. The highest BCUT2D eigenvalue weighted by Gasteiger charge is 2.19. The highest BCUT2D eigenvalue weighted by molar-refractivity contribution is 7.98. The second-order valence-electron chi connectivity index (χ2n) is 6.71. The van der Waals surface area contributed by atoms with Crippen LogP contribution in [0.4, 0.5) is 4.39 Å². The summed E-state index contributed by atoms with van der Waals surface area (Å²) in [7, 11) is 0. The number of rotatable bonds is 7. The summed E-state index contributed by atoms with van der Waals surface area (Å²) in [6.45, 7) is 4.67. The van der Waals surface area contributed by atoms with Gasteiger partial charge in [-0.2, -0.15) is 0 Å². The Balaban J connectivity index is 1.35. The van der Waals surface area contributed by atoms with Gasteiger partial charge in [-0.25, -0.2) is 9.37 Å². The number of allylic oxidation sites excluding steroid dienone is 1. The Morgan fingerprint density at radius 1 is 1.10 bits per heavy atom. The fourth-order valence-electron chi connectivity index (χ4n) is 3.18. The van der Waals surface area contributed by atoms with E-state index < -0.39 is 0 Å².